The summed E-state index contributed by atoms with van der Waals surface area (Å²) in [5.74, 6) is -0.0678. The maximum atomic E-state index is 10.4. The Labute approximate surface area is 110 Å². The van der Waals surface area contributed by atoms with E-state index < -0.39 is 12.1 Å². The second-order valence-corrected chi connectivity index (χ2v) is 2.75. The van der Waals surface area contributed by atoms with E-state index in [-0.39, 0.29) is 29.6 Å². The van der Waals surface area contributed by atoms with Gasteiger partial charge in [0, 0.05) is 0 Å². The second-order valence-electron chi connectivity index (χ2n) is 2.75. The van der Waals surface area contributed by atoms with Gasteiger partial charge in [-0.1, -0.05) is 0 Å². The van der Waals surface area contributed by atoms with E-state index in [0.717, 1.165) is 0 Å². The third kappa shape index (κ3) is 4.55. The van der Waals surface area contributed by atoms with Crippen LogP contribution in [0.5, 0.6) is 11.5 Å². The molecular formula is C10H11NaO4. The number of ether oxygens (including phenoxy) is 2. The number of rotatable bonds is 4. The summed E-state index contributed by atoms with van der Waals surface area (Å²) in [5, 5.41) is 10.4. The molecule has 0 heterocycles. The van der Waals surface area contributed by atoms with Crippen molar-refractivity contribution in [3.8, 4) is 11.5 Å². The van der Waals surface area contributed by atoms with Gasteiger partial charge in [0.1, 0.15) is 17.6 Å². The van der Waals surface area contributed by atoms with E-state index in [1.54, 1.807) is 31.4 Å². The Morgan fingerprint density at radius 3 is 2.13 bits per heavy atom. The molecule has 1 rings (SSSR count). The van der Waals surface area contributed by atoms with Gasteiger partial charge >= 0.3 is 29.6 Å². The molecular weight excluding hydrogens is 207 g/mol. The maximum absolute atomic E-state index is 10.4. The number of carboxylic acid groups (broad SMARTS) is 1. The average Bonchev–Trinajstić information content (AvgIpc) is 2.19. The molecule has 0 aromatic heterocycles. The zero-order chi connectivity index (χ0) is 10.6. The number of methoxy groups -OCH3 is 1. The number of hydrogen-bond donors (Lipinski definition) is 0. The normalized spacial score (nSPS) is 11.1. The topological polar surface area (TPSA) is 58.6 Å². The monoisotopic (exact) mass is 218 g/mol. The van der Waals surface area contributed by atoms with E-state index in [4.69, 9.17) is 9.47 Å². The number of aliphatic carboxylic acids is 1. The fraction of sp³-hybridized carbons (Fsp3) is 0.300. The molecule has 0 aliphatic rings. The zero-order valence-electron chi connectivity index (χ0n) is 9.02. The Kier molecular flexibility index (Phi) is 6.40. The number of carbonyl (C=O) groups is 1. The van der Waals surface area contributed by atoms with E-state index in [0.29, 0.717) is 11.5 Å². The summed E-state index contributed by atoms with van der Waals surface area (Å²) in [5.41, 5.74) is 0. The first-order valence-electron chi connectivity index (χ1n) is 4.15. The van der Waals surface area contributed by atoms with E-state index in [1.807, 2.05) is 0 Å². The number of carbonyl (C=O) groups excluding carboxylic acids is 1. The van der Waals surface area contributed by atoms with Crippen molar-refractivity contribution >= 4 is 5.97 Å². The second kappa shape index (κ2) is 6.71. The van der Waals surface area contributed by atoms with Crippen LogP contribution >= 0.6 is 0 Å². The summed E-state index contributed by atoms with van der Waals surface area (Å²) < 4.78 is 10.00. The van der Waals surface area contributed by atoms with Crippen molar-refractivity contribution in [3.63, 3.8) is 0 Å². The van der Waals surface area contributed by atoms with Gasteiger partial charge in [-0.3, -0.25) is 0 Å². The predicted octanol–water partition coefficient (Wildman–Crippen LogP) is -2.78. The summed E-state index contributed by atoms with van der Waals surface area (Å²) in [4.78, 5) is 10.4. The van der Waals surface area contributed by atoms with Gasteiger partial charge in [0.25, 0.3) is 0 Å². The molecule has 5 heteroatoms. The minimum absolute atomic E-state index is 0. The van der Waals surface area contributed by atoms with Crippen molar-refractivity contribution in [2.75, 3.05) is 7.11 Å². The molecule has 1 aromatic carbocycles. The molecule has 1 aromatic rings. The van der Waals surface area contributed by atoms with Crippen LogP contribution in [0.15, 0.2) is 24.3 Å². The van der Waals surface area contributed by atoms with Gasteiger partial charge in [-0.25, -0.2) is 0 Å². The quantitative estimate of drug-likeness (QED) is 0.513. The molecule has 0 aliphatic carbocycles. The van der Waals surface area contributed by atoms with E-state index in [2.05, 4.69) is 0 Å². The molecule has 4 nitrogen and oxygen atoms in total. The van der Waals surface area contributed by atoms with Crippen molar-refractivity contribution in [1.29, 1.82) is 0 Å². The molecule has 0 radical (unpaired) electrons. The van der Waals surface area contributed by atoms with Crippen LogP contribution in [0.25, 0.3) is 0 Å². The van der Waals surface area contributed by atoms with Crippen LogP contribution in [0, 0.1) is 0 Å². The molecule has 0 saturated heterocycles. The van der Waals surface area contributed by atoms with Gasteiger partial charge in [-0.05, 0) is 31.2 Å². The summed E-state index contributed by atoms with van der Waals surface area (Å²) in [6.45, 7) is 1.42. The molecule has 0 fully saturated rings. The minimum Gasteiger partial charge on any atom is -0.546 e. The number of carboxylic acids is 1. The fourth-order valence-electron chi connectivity index (χ4n) is 0.907. The van der Waals surface area contributed by atoms with Gasteiger partial charge in [0.15, 0.2) is 0 Å². The van der Waals surface area contributed by atoms with Crippen LogP contribution in [0.1, 0.15) is 6.92 Å². The van der Waals surface area contributed by atoms with Crippen molar-refractivity contribution < 1.29 is 48.9 Å². The van der Waals surface area contributed by atoms with Crippen molar-refractivity contribution in [2.24, 2.45) is 0 Å². The Balaban J connectivity index is 0.00000196. The van der Waals surface area contributed by atoms with E-state index in [1.165, 1.54) is 6.92 Å². The molecule has 0 N–H and O–H groups in total. The van der Waals surface area contributed by atoms with Gasteiger partial charge in [-0.2, -0.15) is 0 Å². The van der Waals surface area contributed by atoms with E-state index in [9.17, 15) is 9.90 Å². The predicted molar refractivity (Wildman–Crippen MR) is 48.1 cm³/mol. The smallest absolute Gasteiger partial charge is 0.546 e. The van der Waals surface area contributed by atoms with Crippen LogP contribution in [-0.4, -0.2) is 19.2 Å². The third-order valence-corrected chi connectivity index (χ3v) is 1.70. The van der Waals surface area contributed by atoms with Gasteiger partial charge < -0.3 is 19.4 Å². The first-order chi connectivity index (χ1) is 6.63. The molecule has 0 bridgehead atoms. The number of benzene rings is 1. The molecule has 0 aliphatic heterocycles. The minimum atomic E-state index is -1.24. The summed E-state index contributed by atoms with van der Waals surface area (Å²) in [6, 6.07) is 6.66. The SMILES string of the molecule is COc1ccc(OC(C)C(=O)[O-])cc1.[Na+]. The number of hydrogen-bond acceptors (Lipinski definition) is 4. The van der Waals surface area contributed by atoms with Crippen LogP contribution in [0.2, 0.25) is 0 Å². The Morgan fingerprint density at radius 1 is 1.27 bits per heavy atom. The van der Waals surface area contributed by atoms with E-state index >= 15 is 0 Å². The van der Waals surface area contributed by atoms with Crippen molar-refractivity contribution in [3.05, 3.63) is 24.3 Å². The first kappa shape index (κ1) is 14.3. The summed E-state index contributed by atoms with van der Waals surface area (Å²) >= 11 is 0. The molecule has 76 valence electrons. The van der Waals surface area contributed by atoms with Gasteiger partial charge in [-0.15, -0.1) is 0 Å². The largest absolute Gasteiger partial charge is 1.00 e. The van der Waals surface area contributed by atoms with Gasteiger partial charge in [0.2, 0.25) is 0 Å². The zero-order valence-corrected chi connectivity index (χ0v) is 11.0. The first-order valence-corrected chi connectivity index (χ1v) is 4.15. The summed E-state index contributed by atoms with van der Waals surface area (Å²) in [6.07, 6.45) is -0.955. The van der Waals surface area contributed by atoms with Crippen LogP contribution in [-0.2, 0) is 4.79 Å². The van der Waals surface area contributed by atoms with Gasteiger partial charge in [0.05, 0.1) is 13.1 Å². The Hall–Kier alpha value is -0.710. The molecule has 1 unspecified atom stereocenters. The van der Waals surface area contributed by atoms with Crippen LogP contribution in [0.3, 0.4) is 0 Å². The summed E-state index contributed by atoms with van der Waals surface area (Å²) in [7, 11) is 1.56. The Morgan fingerprint density at radius 2 is 1.73 bits per heavy atom. The Bertz CT molecular complexity index is 310. The molecule has 1 atom stereocenters. The fourth-order valence-corrected chi connectivity index (χ4v) is 0.907. The standard InChI is InChI=1S/C10H12O4.Na/c1-7(10(11)12)14-9-5-3-8(13-2)4-6-9;/h3-7H,1-2H3,(H,11,12);/q;+1/p-1. The molecule has 0 amide bonds. The van der Waals surface area contributed by atoms with Crippen molar-refractivity contribution in [1.82, 2.24) is 0 Å². The maximum Gasteiger partial charge on any atom is 1.00 e. The average molecular weight is 218 g/mol. The molecule has 15 heavy (non-hydrogen) atoms. The third-order valence-electron chi connectivity index (χ3n) is 1.70. The van der Waals surface area contributed by atoms with Crippen LogP contribution < -0.4 is 44.1 Å². The molecule has 0 spiro atoms. The van der Waals surface area contributed by atoms with Crippen LogP contribution in [0.4, 0.5) is 0 Å². The molecule has 0 saturated carbocycles. The van der Waals surface area contributed by atoms with Crippen molar-refractivity contribution in [2.45, 2.75) is 13.0 Å².